The lowest BCUT2D eigenvalue weighted by Crippen LogP contribution is -2.20. The van der Waals surface area contributed by atoms with Gasteiger partial charge in [-0.25, -0.2) is 4.79 Å². The van der Waals surface area contributed by atoms with Gasteiger partial charge in [0.25, 0.3) is 0 Å². The van der Waals surface area contributed by atoms with Gasteiger partial charge in [0, 0.05) is 16.7 Å². The molecule has 1 unspecified atom stereocenters. The molecule has 3 saturated carbocycles. The summed E-state index contributed by atoms with van der Waals surface area (Å²) in [5.74, 6) is 3.22. The molecule has 3 aliphatic rings. The van der Waals surface area contributed by atoms with Gasteiger partial charge in [-0.1, -0.05) is 43.2 Å². The van der Waals surface area contributed by atoms with Crippen molar-refractivity contribution in [3.8, 4) is 5.75 Å². The SMILES string of the molecule is O=c1oc(C2(Cc3ccccc3)CC2)cc(O)c1C(SCC1CC1)C1CCCC1. The maximum atomic E-state index is 13.1. The van der Waals surface area contributed by atoms with Gasteiger partial charge in [0.15, 0.2) is 0 Å². The van der Waals surface area contributed by atoms with E-state index < -0.39 is 0 Å². The summed E-state index contributed by atoms with van der Waals surface area (Å²) in [5, 5.41) is 11.0. The highest BCUT2D eigenvalue weighted by molar-refractivity contribution is 7.99. The molecule has 4 heteroatoms. The molecule has 3 aliphatic carbocycles. The van der Waals surface area contributed by atoms with Crippen molar-refractivity contribution in [3.05, 3.63) is 63.7 Å². The Morgan fingerprint density at radius 3 is 2.45 bits per heavy atom. The summed E-state index contributed by atoms with van der Waals surface area (Å²) in [6, 6.07) is 12.1. The van der Waals surface area contributed by atoms with Crippen molar-refractivity contribution in [1.29, 1.82) is 0 Å². The normalized spacial score (nSPS) is 21.9. The fourth-order valence-corrected chi connectivity index (χ4v) is 6.64. The Bertz CT molecular complexity index is 905. The molecule has 1 aromatic heterocycles. The van der Waals surface area contributed by atoms with E-state index in [4.69, 9.17) is 4.42 Å². The third-order valence-corrected chi connectivity index (χ3v) is 8.69. The largest absolute Gasteiger partial charge is 0.507 e. The lowest BCUT2D eigenvalue weighted by Gasteiger charge is -2.24. The third-order valence-electron chi connectivity index (χ3n) is 7.05. The van der Waals surface area contributed by atoms with E-state index in [9.17, 15) is 9.90 Å². The van der Waals surface area contributed by atoms with Crippen molar-refractivity contribution in [2.75, 3.05) is 5.75 Å². The smallest absolute Gasteiger partial charge is 0.344 e. The monoisotopic (exact) mass is 410 g/mol. The molecule has 1 atom stereocenters. The molecule has 0 spiro atoms. The number of thioether (sulfide) groups is 1. The molecule has 1 heterocycles. The van der Waals surface area contributed by atoms with Gasteiger partial charge in [-0.05, 0) is 68.1 Å². The van der Waals surface area contributed by atoms with Crippen molar-refractivity contribution < 1.29 is 9.52 Å². The Morgan fingerprint density at radius 1 is 1.10 bits per heavy atom. The van der Waals surface area contributed by atoms with Crippen LogP contribution in [0.3, 0.4) is 0 Å². The molecule has 0 bridgehead atoms. The van der Waals surface area contributed by atoms with E-state index in [0.29, 0.717) is 17.2 Å². The van der Waals surface area contributed by atoms with E-state index in [1.54, 1.807) is 6.07 Å². The Hall–Kier alpha value is -1.68. The Balaban J connectivity index is 1.43. The van der Waals surface area contributed by atoms with Gasteiger partial charge in [0.2, 0.25) is 0 Å². The minimum absolute atomic E-state index is 0.0766. The second-order valence-corrected chi connectivity index (χ2v) is 10.6. The maximum Gasteiger partial charge on any atom is 0.344 e. The highest BCUT2D eigenvalue weighted by Crippen LogP contribution is 2.53. The first-order chi connectivity index (χ1) is 14.1. The molecule has 0 radical (unpaired) electrons. The van der Waals surface area contributed by atoms with E-state index in [0.717, 1.165) is 43.8 Å². The van der Waals surface area contributed by atoms with Crippen molar-refractivity contribution in [2.24, 2.45) is 11.8 Å². The Morgan fingerprint density at radius 2 is 1.83 bits per heavy atom. The number of hydrogen-bond donors (Lipinski definition) is 1. The van der Waals surface area contributed by atoms with Crippen molar-refractivity contribution in [2.45, 2.75) is 68.5 Å². The molecule has 154 valence electrons. The fraction of sp³-hybridized carbons (Fsp3) is 0.560. The van der Waals surface area contributed by atoms with Crippen LogP contribution < -0.4 is 5.63 Å². The molecule has 2 aromatic rings. The van der Waals surface area contributed by atoms with Gasteiger partial charge < -0.3 is 9.52 Å². The fourth-order valence-electron chi connectivity index (χ4n) is 4.90. The van der Waals surface area contributed by atoms with Crippen molar-refractivity contribution in [1.82, 2.24) is 0 Å². The minimum atomic E-state index is -0.306. The number of benzene rings is 1. The highest BCUT2D eigenvalue weighted by atomic mass is 32.2. The van der Waals surface area contributed by atoms with E-state index in [-0.39, 0.29) is 22.0 Å². The second kappa shape index (κ2) is 7.86. The van der Waals surface area contributed by atoms with Crippen molar-refractivity contribution >= 4 is 11.8 Å². The lowest BCUT2D eigenvalue weighted by atomic mass is 9.92. The lowest BCUT2D eigenvalue weighted by molar-refractivity contribution is 0.373. The zero-order chi connectivity index (χ0) is 19.8. The zero-order valence-electron chi connectivity index (χ0n) is 16.9. The summed E-state index contributed by atoms with van der Waals surface area (Å²) in [6.45, 7) is 0. The summed E-state index contributed by atoms with van der Waals surface area (Å²) in [5.41, 5.74) is 1.35. The molecule has 3 fully saturated rings. The molecule has 1 aromatic carbocycles. The topological polar surface area (TPSA) is 50.4 Å². The summed E-state index contributed by atoms with van der Waals surface area (Å²) in [6.07, 6.45) is 10.3. The van der Waals surface area contributed by atoms with Crippen LogP contribution in [0.15, 0.2) is 45.6 Å². The average Bonchev–Trinajstić information content (AvgIpc) is 3.64. The summed E-state index contributed by atoms with van der Waals surface area (Å²) >= 11 is 1.88. The number of aromatic hydroxyl groups is 1. The molecule has 29 heavy (non-hydrogen) atoms. The molecule has 3 nitrogen and oxygen atoms in total. The first kappa shape index (κ1) is 19.3. The van der Waals surface area contributed by atoms with E-state index in [1.165, 1.54) is 31.2 Å². The van der Waals surface area contributed by atoms with Crippen LogP contribution in [0.1, 0.15) is 73.5 Å². The van der Waals surface area contributed by atoms with Crippen LogP contribution >= 0.6 is 11.8 Å². The average molecular weight is 411 g/mol. The Labute approximate surface area is 176 Å². The van der Waals surface area contributed by atoms with E-state index in [2.05, 4.69) is 12.1 Å². The molecule has 0 amide bonds. The van der Waals surface area contributed by atoms with Crippen LogP contribution in [0, 0.1) is 11.8 Å². The van der Waals surface area contributed by atoms with Gasteiger partial charge in [0.05, 0.1) is 5.56 Å². The third kappa shape index (κ3) is 4.14. The van der Waals surface area contributed by atoms with Crippen LogP contribution in [0.25, 0.3) is 0 Å². The molecule has 0 saturated heterocycles. The van der Waals surface area contributed by atoms with Crippen LogP contribution in [0.5, 0.6) is 5.75 Å². The standard InChI is InChI=1S/C25H30O3S/c26-20-14-21(25(12-13-25)15-17-6-2-1-3-7-17)28-24(27)22(20)23(19-8-4-5-9-19)29-16-18-10-11-18/h1-3,6-7,14,18-19,23,26H,4-5,8-13,15-16H2. The van der Waals surface area contributed by atoms with Gasteiger partial charge in [0.1, 0.15) is 11.5 Å². The second-order valence-electron chi connectivity index (χ2n) is 9.38. The van der Waals surface area contributed by atoms with E-state index in [1.807, 2.05) is 30.0 Å². The highest BCUT2D eigenvalue weighted by Gasteiger charge is 2.47. The summed E-state index contributed by atoms with van der Waals surface area (Å²) < 4.78 is 5.92. The number of hydrogen-bond acceptors (Lipinski definition) is 4. The first-order valence-electron chi connectivity index (χ1n) is 11.2. The minimum Gasteiger partial charge on any atom is -0.507 e. The predicted octanol–water partition coefficient (Wildman–Crippen LogP) is 5.99. The zero-order valence-corrected chi connectivity index (χ0v) is 17.8. The van der Waals surface area contributed by atoms with Crippen molar-refractivity contribution in [3.63, 3.8) is 0 Å². The molecule has 5 rings (SSSR count). The molecule has 1 N–H and O–H groups in total. The van der Waals surface area contributed by atoms with Crippen LogP contribution in [0.2, 0.25) is 0 Å². The summed E-state index contributed by atoms with van der Waals surface area (Å²) in [4.78, 5) is 13.1. The molecule has 0 aliphatic heterocycles. The van der Waals surface area contributed by atoms with Gasteiger partial charge in [-0.3, -0.25) is 0 Å². The molecular formula is C25H30O3S. The van der Waals surface area contributed by atoms with Crippen LogP contribution in [-0.4, -0.2) is 10.9 Å². The molecular weight excluding hydrogens is 380 g/mol. The first-order valence-corrected chi connectivity index (χ1v) is 12.2. The van der Waals surface area contributed by atoms with Crippen LogP contribution in [-0.2, 0) is 11.8 Å². The van der Waals surface area contributed by atoms with Crippen LogP contribution in [0.4, 0.5) is 0 Å². The Kier molecular flexibility index (Phi) is 5.23. The predicted molar refractivity (Wildman–Crippen MR) is 118 cm³/mol. The van der Waals surface area contributed by atoms with Gasteiger partial charge in [-0.15, -0.1) is 0 Å². The van der Waals surface area contributed by atoms with E-state index >= 15 is 0 Å². The summed E-state index contributed by atoms with van der Waals surface area (Å²) in [7, 11) is 0. The maximum absolute atomic E-state index is 13.1. The quantitative estimate of drug-likeness (QED) is 0.580. The van der Waals surface area contributed by atoms with Gasteiger partial charge >= 0.3 is 5.63 Å². The number of rotatable bonds is 8. The van der Waals surface area contributed by atoms with Gasteiger partial charge in [-0.2, -0.15) is 11.8 Å².